The van der Waals surface area contributed by atoms with E-state index < -0.39 is 0 Å². The molecule has 0 amide bonds. The third-order valence-corrected chi connectivity index (χ3v) is 6.37. The number of ether oxygens (including phenoxy) is 2. The molecular weight excluding hydrogens is 478 g/mol. The van der Waals surface area contributed by atoms with E-state index >= 15 is 0 Å². The predicted molar refractivity (Wildman–Crippen MR) is 143 cm³/mol. The first-order valence-electron chi connectivity index (χ1n) is 11.8. The van der Waals surface area contributed by atoms with Crippen LogP contribution in [-0.2, 0) is 0 Å². The highest BCUT2D eigenvalue weighted by molar-refractivity contribution is 6.29. The number of rotatable bonds is 6. The van der Waals surface area contributed by atoms with Gasteiger partial charge < -0.3 is 24.6 Å². The van der Waals surface area contributed by atoms with Gasteiger partial charge in [0.2, 0.25) is 5.95 Å². The molecule has 0 radical (unpaired) electrons. The van der Waals surface area contributed by atoms with E-state index in [1.807, 2.05) is 49.4 Å². The largest absolute Gasteiger partial charge is 0.497 e. The lowest BCUT2D eigenvalue weighted by atomic mass is 10.2. The average molecular weight is 506 g/mol. The second kappa shape index (κ2) is 10.4. The van der Waals surface area contributed by atoms with E-state index in [-0.39, 0.29) is 0 Å². The van der Waals surface area contributed by atoms with Gasteiger partial charge in [-0.05, 0) is 31.5 Å². The van der Waals surface area contributed by atoms with Crippen molar-refractivity contribution in [1.82, 2.24) is 19.9 Å². The van der Waals surface area contributed by atoms with Gasteiger partial charge in [0.15, 0.2) is 5.65 Å². The molecule has 4 heterocycles. The Hall–Kier alpha value is -3.85. The zero-order valence-electron chi connectivity index (χ0n) is 20.5. The summed E-state index contributed by atoms with van der Waals surface area (Å²) in [4.78, 5) is 22.9. The molecule has 9 nitrogen and oxygen atoms in total. The minimum atomic E-state index is 0.449. The summed E-state index contributed by atoms with van der Waals surface area (Å²) in [6.45, 7) is 5.48. The van der Waals surface area contributed by atoms with Crippen LogP contribution in [0.3, 0.4) is 0 Å². The number of pyridine rings is 2. The summed E-state index contributed by atoms with van der Waals surface area (Å²) in [5, 5.41) is 4.76. The zero-order chi connectivity index (χ0) is 25.1. The molecule has 5 rings (SSSR count). The van der Waals surface area contributed by atoms with Crippen LogP contribution in [0.5, 0.6) is 11.5 Å². The number of hydrogen-bond acceptors (Lipinski definition) is 9. The number of aryl methyl sites for hydroxylation is 1. The van der Waals surface area contributed by atoms with Gasteiger partial charge in [0, 0.05) is 79.1 Å². The molecule has 1 aliphatic rings. The molecule has 1 fully saturated rings. The minimum Gasteiger partial charge on any atom is -0.497 e. The van der Waals surface area contributed by atoms with E-state index in [9.17, 15) is 0 Å². The van der Waals surface area contributed by atoms with Crippen LogP contribution in [0.1, 0.15) is 12.1 Å². The Labute approximate surface area is 215 Å². The highest BCUT2D eigenvalue weighted by atomic mass is 35.5. The number of fused-ring (bicyclic) bond motifs is 1. The van der Waals surface area contributed by atoms with Crippen LogP contribution >= 0.6 is 11.6 Å². The molecule has 3 aromatic heterocycles. The second-order valence-electron chi connectivity index (χ2n) is 8.58. The second-order valence-corrected chi connectivity index (χ2v) is 8.97. The van der Waals surface area contributed by atoms with Crippen molar-refractivity contribution in [3.63, 3.8) is 0 Å². The first-order chi connectivity index (χ1) is 17.5. The number of anilines is 4. The SMILES string of the molecule is COc1cc(Nc2nc(C)cc(N3CCCN(c4ccnc5nc(Cl)ccc45)CC3)n2)cc(OC)c1. The Kier molecular flexibility index (Phi) is 6.90. The summed E-state index contributed by atoms with van der Waals surface area (Å²) in [5.74, 6) is 2.82. The Morgan fingerprint density at radius 2 is 1.61 bits per heavy atom. The van der Waals surface area contributed by atoms with Crippen molar-refractivity contribution < 1.29 is 9.47 Å². The number of hydrogen-bond donors (Lipinski definition) is 1. The molecule has 1 aliphatic heterocycles. The van der Waals surface area contributed by atoms with E-state index in [0.717, 1.165) is 60.9 Å². The molecular formula is C26H28ClN7O2. The number of nitrogens with zero attached hydrogens (tertiary/aromatic N) is 6. The van der Waals surface area contributed by atoms with Crippen molar-refractivity contribution in [2.24, 2.45) is 0 Å². The van der Waals surface area contributed by atoms with E-state index in [4.69, 9.17) is 26.1 Å². The van der Waals surface area contributed by atoms with Crippen molar-refractivity contribution in [2.75, 3.05) is 55.5 Å². The topological polar surface area (TPSA) is 88.5 Å². The fourth-order valence-corrected chi connectivity index (χ4v) is 4.58. The van der Waals surface area contributed by atoms with Gasteiger partial charge in [0.1, 0.15) is 22.5 Å². The summed E-state index contributed by atoms with van der Waals surface area (Å²) < 4.78 is 10.8. The fraction of sp³-hybridized carbons (Fsp3) is 0.308. The number of halogens is 1. The van der Waals surface area contributed by atoms with Crippen LogP contribution in [0.25, 0.3) is 11.0 Å². The molecule has 0 unspecified atom stereocenters. The predicted octanol–water partition coefficient (Wildman–Crippen LogP) is 4.86. The maximum Gasteiger partial charge on any atom is 0.229 e. The number of nitrogens with one attached hydrogen (secondary N) is 1. The normalized spacial score (nSPS) is 14.0. The van der Waals surface area contributed by atoms with Crippen molar-refractivity contribution >= 4 is 45.8 Å². The lowest BCUT2D eigenvalue weighted by Gasteiger charge is -2.25. The Morgan fingerprint density at radius 1 is 0.861 bits per heavy atom. The molecule has 1 N–H and O–H groups in total. The van der Waals surface area contributed by atoms with Gasteiger partial charge in [-0.15, -0.1) is 0 Å². The smallest absolute Gasteiger partial charge is 0.229 e. The van der Waals surface area contributed by atoms with Gasteiger partial charge in [-0.3, -0.25) is 0 Å². The highest BCUT2D eigenvalue weighted by Gasteiger charge is 2.19. The van der Waals surface area contributed by atoms with Crippen molar-refractivity contribution in [3.8, 4) is 11.5 Å². The van der Waals surface area contributed by atoms with E-state index in [0.29, 0.717) is 28.2 Å². The van der Waals surface area contributed by atoms with Crippen LogP contribution in [0.2, 0.25) is 5.15 Å². The summed E-state index contributed by atoms with van der Waals surface area (Å²) in [6.07, 6.45) is 2.78. The van der Waals surface area contributed by atoms with Crippen LogP contribution in [0.4, 0.5) is 23.1 Å². The first-order valence-corrected chi connectivity index (χ1v) is 12.2. The third kappa shape index (κ3) is 5.21. The lowest BCUT2D eigenvalue weighted by Crippen LogP contribution is -2.31. The Morgan fingerprint density at radius 3 is 2.39 bits per heavy atom. The molecule has 0 saturated carbocycles. The van der Waals surface area contributed by atoms with Crippen LogP contribution < -0.4 is 24.6 Å². The first kappa shape index (κ1) is 23.9. The van der Waals surface area contributed by atoms with Crippen molar-refractivity contribution in [3.05, 3.63) is 59.5 Å². The summed E-state index contributed by atoms with van der Waals surface area (Å²) in [7, 11) is 3.26. The third-order valence-electron chi connectivity index (χ3n) is 6.16. The molecule has 10 heteroatoms. The summed E-state index contributed by atoms with van der Waals surface area (Å²) in [5.41, 5.74) is 3.47. The number of benzene rings is 1. The Balaban J connectivity index is 1.35. The van der Waals surface area contributed by atoms with Crippen molar-refractivity contribution in [2.45, 2.75) is 13.3 Å². The van der Waals surface area contributed by atoms with Gasteiger partial charge in [0.25, 0.3) is 0 Å². The fourth-order valence-electron chi connectivity index (χ4n) is 4.43. The molecule has 0 aliphatic carbocycles. The van der Waals surface area contributed by atoms with Crippen LogP contribution in [-0.4, -0.2) is 60.3 Å². The Bertz CT molecular complexity index is 1360. The maximum atomic E-state index is 6.08. The molecule has 0 atom stereocenters. The van der Waals surface area contributed by atoms with Gasteiger partial charge in [-0.2, -0.15) is 4.98 Å². The molecule has 36 heavy (non-hydrogen) atoms. The van der Waals surface area contributed by atoms with E-state index in [1.165, 1.54) is 0 Å². The average Bonchev–Trinajstić information content (AvgIpc) is 3.14. The molecule has 4 aromatic rings. The van der Waals surface area contributed by atoms with Crippen LogP contribution in [0, 0.1) is 6.92 Å². The standard InChI is InChI=1S/C26H28ClN7O2/c1-17-13-24(32-26(29-17)30-18-14-19(35-2)16-20(15-18)36-3)34-10-4-9-33(11-12-34)22-7-8-28-25-21(22)5-6-23(27)31-25/h5-8,13-16H,4,9-12H2,1-3H3,(H,29,30,32). The number of aromatic nitrogens is 4. The highest BCUT2D eigenvalue weighted by Crippen LogP contribution is 2.29. The monoisotopic (exact) mass is 505 g/mol. The van der Waals surface area contributed by atoms with Gasteiger partial charge in [-0.25, -0.2) is 15.0 Å². The van der Waals surface area contributed by atoms with Crippen LogP contribution in [0.15, 0.2) is 48.7 Å². The lowest BCUT2D eigenvalue weighted by molar-refractivity contribution is 0.395. The zero-order valence-corrected chi connectivity index (χ0v) is 21.3. The van der Waals surface area contributed by atoms with E-state index in [1.54, 1.807) is 20.4 Å². The van der Waals surface area contributed by atoms with Crippen molar-refractivity contribution in [1.29, 1.82) is 0 Å². The van der Waals surface area contributed by atoms with Gasteiger partial charge in [-0.1, -0.05) is 11.6 Å². The van der Waals surface area contributed by atoms with E-state index in [2.05, 4.69) is 30.1 Å². The summed E-state index contributed by atoms with van der Waals surface area (Å²) >= 11 is 6.08. The van der Waals surface area contributed by atoms with Gasteiger partial charge >= 0.3 is 0 Å². The molecule has 1 saturated heterocycles. The molecule has 186 valence electrons. The number of methoxy groups -OCH3 is 2. The maximum absolute atomic E-state index is 6.08. The van der Waals surface area contributed by atoms with Gasteiger partial charge in [0.05, 0.1) is 14.2 Å². The molecule has 0 bridgehead atoms. The molecule has 0 spiro atoms. The molecule has 1 aromatic carbocycles. The minimum absolute atomic E-state index is 0.449. The summed E-state index contributed by atoms with van der Waals surface area (Å²) in [6, 6.07) is 13.5. The quantitative estimate of drug-likeness (QED) is 0.369.